The highest BCUT2D eigenvalue weighted by Gasteiger charge is 2.17. The Morgan fingerprint density at radius 1 is 1.06 bits per heavy atom. The van der Waals surface area contributed by atoms with E-state index in [0.29, 0.717) is 22.6 Å². The molecule has 0 saturated heterocycles. The molecule has 3 aromatic carbocycles. The molecule has 0 radical (unpaired) electrons. The molecule has 0 aliphatic carbocycles. The first-order valence-corrected chi connectivity index (χ1v) is 12.4. The van der Waals surface area contributed by atoms with Crippen LogP contribution in [-0.4, -0.2) is 39.2 Å². The van der Waals surface area contributed by atoms with E-state index in [0.717, 1.165) is 28.1 Å². The minimum atomic E-state index is -0.250. The standard InChI is InChI=1S/C26H24ClN5O2S/c1-3-34-23-14-6-19(7-15-23)16-28-29-24(33)17-35-26-31-30-25(20-8-4-18(2)5-9-20)32(26)22-12-10-21(27)11-13-22/h4-16H,3,17H2,1-2H3,(H,29,33). The van der Waals surface area contributed by atoms with E-state index in [1.807, 2.05) is 91.2 Å². The number of amides is 1. The maximum absolute atomic E-state index is 12.4. The highest BCUT2D eigenvalue weighted by Crippen LogP contribution is 2.28. The summed E-state index contributed by atoms with van der Waals surface area (Å²) < 4.78 is 7.34. The van der Waals surface area contributed by atoms with Crippen molar-refractivity contribution in [3.8, 4) is 22.8 Å². The van der Waals surface area contributed by atoms with Crippen LogP contribution < -0.4 is 10.2 Å². The molecule has 0 atom stereocenters. The summed E-state index contributed by atoms with van der Waals surface area (Å²) in [5.74, 6) is 1.35. The predicted octanol–water partition coefficient (Wildman–Crippen LogP) is 5.54. The number of nitrogens with one attached hydrogen (secondary N) is 1. The summed E-state index contributed by atoms with van der Waals surface area (Å²) in [6.07, 6.45) is 1.59. The van der Waals surface area contributed by atoms with E-state index >= 15 is 0 Å². The van der Waals surface area contributed by atoms with Gasteiger partial charge in [0.2, 0.25) is 0 Å². The fraction of sp³-hybridized carbons (Fsp3) is 0.154. The molecule has 4 rings (SSSR count). The van der Waals surface area contributed by atoms with E-state index in [9.17, 15) is 4.79 Å². The van der Waals surface area contributed by atoms with Gasteiger partial charge in [-0.3, -0.25) is 9.36 Å². The van der Waals surface area contributed by atoms with E-state index in [1.54, 1.807) is 6.21 Å². The lowest BCUT2D eigenvalue weighted by Crippen LogP contribution is -2.20. The number of aryl methyl sites for hydroxylation is 1. The zero-order valence-electron chi connectivity index (χ0n) is 19.3. The lowest BCUT2D eigenvalue weighted by Gasteiger charge is -2.10. The molecular weight excluding hydrogens is 482 g/mol. The highest BCUT2D eigenvalue weighted by molar-refractivity contribution is 7.99. The third kappa shape index (κ3) is 6.49. The van der Waals surface area contributed by atoms with E-state index in [4.69, 9.17) is 16.3 Å². The molecule has 0 fully saturated rings. The van der Waals surface area contributed by atoms with Crippen LogP contribution >= 0.6 is 23.4 Å². The number of carbonyl (C=O) groups is 1. The first-order valence-electron chi connectivity index (χ1n) is 11.0. The van der Waals surface area contributed by atoms with Crippen molar-refractivity contribution >= 4 is 35.5 Å². The Morgan fingerprint density at radius 3 is 2.46 bits per heavy atom. The molecule has 1 N–H and O–H groups in total. The molecule has 0 aliphatic heterocycles. The van der Waals surface area contributed by atoms with Gasteiger partial charge in [-0.15, -0.1) is 10.2 Å². The molecule has 0 saturated carbocycles. The largest absolute Gasteiger partial charge is 0.494 e. The Morgan fingerprint density at radius 2 is 1.77 bits per heavy atom. The van der Waals surface area contributed by atoms with Crippen molar-refractivity contribution in [2.45, 2.75) is 19.0 Å². The third-order valence-electron chi connectivity index (χ3n) is 4.95. The van der Waals surface area contributed by atoms with Crippen molar-refractivity contribution in [2.75, 3.05) is 12.4 Å². The van der Waals surface area contributed by atoms with E-state index in [2.05, 4.69) is 20.7 Å². The normalized spacial score (nSPS) is 11.1. The second-order valence-corrected chi connectivity index (χ2v) is 8.95. The average Bonchev–Trinajstić information content (AvgIpc) is 3.29. The van der Waals surface area contributed by atoms with Crippen molar-refractivity contribution in [3.63, 3.8) is 0 Å². The molecule has 35 heavy (non-hydrogen) atoms. The SMILES string of the molecule is CCOc1ccc(C=NNC(=O)CSc2nnc(-c3ccc(C)cc3)n2-c2ccc(Cl)cc2)cc1. The molecule has 0 bridgehead atoms. The van der Waals surface area contributed by atoms with Gasteiger partial charge in [-0.1, -0.05) is 53.2 Å². The Labute approximate surface area is 213 Å². The predicted molar refractivity (Wildman–Crippen MR) is 141 cm³/mol. The Balaban J connectivity index is 1.46. The van der Waals surface area contributed by atoms with Crippen LogP contribution in [0, 0.1) is 6.92 Å². The van der Waals surface area contributed by atoms with Gasteiger partial charge in [-0.05, 0) is 67.9 Å². The number of aromatic nitrogens is 3. The Hall–Kier alpha value is -3.62. The molecule has 9 heteroatoms. The summed E-state index contributed by atoms with van der Waals surface area (Å²) in [6.45, 7) is 4.58. The van der Waals surface area contributed by atoms with Crippen LogP contribution in [0.3, 0.4) is 0 Å². The second kappa shape index (κ2) is 11.7. The van der Waals surface area contributed by atoms with Crippen LogP contribution in [0.1, 0.15) is 18.1 Å². The van der Waals surface area contributed by atoms with Crippen LogP contribution in [0.2, 0.25) is 5.02 Å². The molecule has 1 heterocycles. The summed E-state index contributed by atoms with van der Waals surface area (Å²) in [5.41, 5.74) is 6.34. The van der Waals surface area contributed by atoms with Gasteiger partial charge in [-0.2, -0.15) is 5.10 Å². The lowest BCUT2D eigenvalue weighted by atomic mass is 10.1. The Bertz CT molecular complexity index is 1300. The monoisotopic (exact) mass is 505 g/mol. The van der Waals surface area contributed by atoms with Gasteiger partial charge in [0.05, 0.1) is 18.6 Å². The summed E-state index contributed by atoms with van der Waals surface area (Å²) in [5, 5.41) is 14.0. The zero-order chi connectivity index (χ0) is 24.6. The van der Waals surface area contributed by atoms with Crippen LogP contribution in [0.5, 0.6) is 5.75 Å². The van der Waals surface area contributed by atoms with E-state index in [-0.39, 0.29) is 11.7 Å². The number of ether oxygens (including phenoxy) is 1. The van der Waals surface area contributed by atoms with Gasteiger partial charge in [0.15, 0.2) is 11.0 Å². The topological polar surface area (TPSA) is 81.4 Å². The van der Waals surface area contributed by atoms with Gasteiger partial charge in [0.1, 0.15) is 5.75 Å². The number of rotatable bonds is 9. The van der Waals surface area contributed by atoms with Gasteiger partial charge in [-0.25, -0.2) is 5.43 Å². The smallest absolute Gasteiger partial charge is 0.250 e. The minimum Gasteiger partial charge on any atom is -0.494 e. The average molecular weight is 506 g/mol. The first kappa shape index (κ1) is 24.5. The number of hydrogen-bond donors (Lipinski definition) is 1. The third-order valence-corrected chi connectivity index (χ3v) is 6.14. The number of nitrogens with zero attached hydrogens (tertiary/aromatic N) is 4. The van der Waals surface area contributed by atoms with Crippen LogP contribution in [0.25, 0.3) is 17.1 Å². The summed E-state index contributed by atoms with van der Waals surface area (Å²) in [4.78, 5) is 12.4. The number of benzene rings is 3. The summed E-state index contributed by atoms with van der Waals surface area (Å²) in [6, 6.07) is 22.9. The quantitative estimate of drug-likeness (QED) is 0.183. The number of hydrogen-bond acceptors (Lipinski definition) is 6. The van der Waals surface area contributed by atoms with Crippen molar-refractivity contribution in [2.24, 2.45) is 5.10 Å². The number of thioether (sulfide) groups is 1. The van der Waals surface area contributed by atoms with Crippen LogP contribution in [0.15, 0.2) is 83.1 Å². The molecule has 1 aromatic heterocycles. The van der Waals surface area contributed by atoms with Crippen molar-refractivity contribution < 1.29 is 9.53 Å². The fourth-order valence-corrected chi connectivity index (χ4v) is 4.10. The minimum absolute atomic E-state index is 0.125. The van der Waals surface area contributed by atoms with Crippen LogP contribution in [-0.2, 0) is 4.79 Å². The first-order chi connectivity index (χ1) is 17.0. The lowest BCUT2D eigenvalue weighted by molar-refractivity contribution is -0.118. The molecule has 0 unspecified atom stereocenters. The van der Waals surface area contributed by atoms with Crippen molar-refractivity contribution in [1.29, 1.82) is 0 Å². The number of halogens is 1. The second-order valence-electron chi connectivity index (χ2n) is 7.57. The zero-order valence-corrected chi connectivity index (χ0v) is 20.9. The number of carbonyl (C=O) groups excluding carboxylic acids is 1. The highest BCUT2D eigenvalue weighted by atomic mass is 35.5. The van der Waals surface area contributed by atoms with Crippen LogP contribution in [0.4, 0.5) is 0 Å². The Kier molecular flexibility index (Phi) is 8.18. The van der Waals surface area contributed by atoms with Crippen molar-refractivity contribution in [1.82, 2.24) is 20.2 Å². The molecule has 178 valence electrons. The summed E-state index contributed by atoms with van der Waals surface area (Å²) in [7, 11) is 0. The maximum atomic E-state index is 12.4. The van der Waals surface area contributed by atoms with E-state index < -0.39 is 0 Å². The molecular formula is C26H24ClN5O2S. The fourth-order valence-electron chi connectivity index (χ4n) is 3.23. The van der Waals surface area contributed by atoms with Gasteiger partial charge in [0.25, 0.3) is 5.91 Å². The molecule has 4 aromatic rings. The van der Waals surface area contributed by atoms with E-state index in [1.165, 1.54) is 11.8 Å². The molecule has 7 nitrogen and oxygen atoms in total. The number of hydrazone groups is 1. The molecule has 1 amide bonds. The summed E-state index contributed by atoms with van der Waals surface area (Å²) >= 11 is 7.37. The van der Waals surface area contributed by atoms with Crippen molar-refractivity contribution in [3.05, 3.63) is 88.9 Å². The molecule has 0 aliphatic rings. The molecule has 0 spiro atoms. The van der Waals surface area contributed by atoms with Gasteiger partial charge in [0, 0.05) is 16.3 Å². The van der Waals surface area contributed by atoms with Gasteiger partial charge < -0.3 is 4.74 Å². The van der Waals surface area contributed by atoms with Gasteiger partial charge >= 0.3 is 0 Å². The maximum Gasteiger partial charge on any atom is 0.250 e.